The lowest BCUT2D eigenvalue weighted by Crippen LogP contribution is -2.43. The van der Waals surface area contributed by atoms with Gasteiger partial charge in [-0.2, -0.15) is 5.26 Å². The van der Waals surface area contributed by atoms with Crippen molar-refractivity contribution >= 4 is 0 Å². The highest BCUT2D eigenvalue weighted by molar-refractivity contribution is 4.96. The van der Waals surface area contributed by atoms with Crippen molar-refractivity contribution in [2.45, 2.75) is 51.6 Å². The molecule has 0 bridgehead atoms. The lowest BCUT2D eigenvalue weighted by Gasteiger charge is -2.22. The molecule has 0 saturated heterocycles. The van der Waals surface area contributed by atoms with Crippen molar-refractivity contribution in [2.24, 2.45) is 5.92 Å². The molecule has 0 aliphatic heterocycles. The van der Waals surface area contributed by atoms with E-state index in [4.69, 9.17) is 5.26 Å². The van der Waals surface area contributed by atoms with Crippen molar-refractivity contribution in [2.75, 3.05) is 13.1 Å². The van der Waals surface area contributed by atoms with Crippen LogP contribution in [-0.4, -0.2) is 24.7 Å². The fourth-order valence-electron chi connectivity index (χ4n) is 2.05. The van der Waals surface area contributed by atoms with Crippen LogP contribution in [0.1, 0.15) is 40.0 Å². The molecule has 86 valence electrons. The molecule has 1 rings (SSSR count). The summed E-state index contributed by atoms with van der Waals surface area (Å²) >= 11 is 0. The van der Waals surface area contributed by atoms with Crippen LogP contribution in [0.25, 0.3) is 0 Å². The molecule has 2 N–H and O–H groups in total. The fraction of sp³-hybridized carbons (Fsp3) is 0.917. The Balaban J connectivity index is 2.13. The molecule has 0 radical (unpaired) electrons. The predicted octanol–water partition coefficient (Wildman–Crippen LogP) is 1.66. The Morgan fingerprint density at radius 3 is 2.60 bits per heavy atom. The maximum Gasteiger partial charge on any atom is 0.0672 e. The van der Waals surface area contributed by atoms with E-state index in [0.717, 1.165) is 25.9 Å². The average molecular weight is 209 g/mol. The first-order valence-electron chi connectivity index (χ1n) is 5.91. The number of nitrogens with one attached hydrogen (secondary N) is 2. The van der Waals surface area contributed by atoms with Crippen molar-refractivity contribution in [3.8, 4) is 6.07 Å². The van der Waals surface area contributed by atoms with Crippen molar-refractivity contribution in [1.82, 2.24) is 10.6 Å². The monoisotopic (exact) mass is 209 g/mol. The Hall–Kier alpha value is -0.590. The number of rotatable bonds is 4. The minimum absolute atomic E-state index is 0.186. The lowest BCUT2D eigenvalue weighted by atomic mass is 10.1. The third-order valence-electron chi connectivity index (χ3n) is 2.87. The van der Waals surface area contributed by atoms with Crippen LogP contribution in [0.3, 0.4) is 0 Å². The van der Waals surface area contributed by atoms with Crippen LogP contribution in [0.5, 0.6) is 0 Å². The van der Waals surface area contributed by atoms with Gasteiger partial charge in [0.1, 0.15) is 0 Å². The number of hydrogen-bond donors (Lipinski definition) is 2. The van der Waals surface area contributed by atoms with E-state index in [1.54, 1.807) is 0 Å². The minimum Gasteiger partial charge on any atom is -0.311 e. The van der Waals surface area contributed by atoms with Gasteiger partial charge in [-0.25, -0.2) is 0 Å². The molecule has 1 fully saturated rings. The van der Waals surface area contributed by atoms with Gasteiger partial charge in [0.05, 0.1) is 12.0 Å². The highest BCUT2D eigenvalue weighted by Gasteiger charge is 2.26. The first kappa shape index (κ1) is 12.5. The average Bonchev–Trinajstić information content (AvgIpc) is 2.58. The number of nitriles is 1. The summed E-state index contributed by atoms with van der Waals surface area (Å²) in [6.07, 6.45) is 3.43. The molecule has 0 aromatic heterocycles. The van der Waals surface area contributed by atoms with Crippen LogP contribution in [0, 0.1) is 17.2 Å². The summed E-state index contributed by atoms with van der Waals surface area (Å²) in [4.78, 5) is 0. The van der Waals surface area contributed by atoms with Gasteiger partial charge < -0.3 is 10.6 Å². The standard InChI is InChI=1S/C12H23N3/c1-12(2,3)15-8-7-14-11-6-4-5-10(11)9-13/h10-11,14-15H,4-8H2,1-3H3. The van der Waals surface area contributed by atoms with Crippen LogP contribution in [0.2, 0.25) is 0 Å². The van der Waals surface area contributed by atoms with Crippen LogP contribution < -0.4 is 10.6 Å². The summed E-state index contributed by atoms with van der Waals surface area (Å²) < 4.78 is 0. The normalized spacial score (nSPS) is 26.5. The molecule has 2 atom stereocenters. The number of hydrogen-bond acceptors (Lipinski definition) is 3. The minimum atomic E-state index is 0.186. The molecule has 3 heteroatoms. The highest BCUT2D eigenvalue weighted by atomic mass is 15.0. The Morgan fingerprint density at radius 2 is 2.00 bits per heavy atom. The van der Waals surface area contributed by atoms with Gasteiger partial charge in [-0.1, -0.05) is 6.42 Å². The second kappa shape index (κ2) is 5.48. The predicted molar refractivity (Wildman–Crippen MR) is 62.5 cm³/mol. The first-order valence-corrected chi connectivity index (χ1v) is 5.91. The second-order valence-electron chi connectivity index (χ2n) is 5.40. The largest absolute Gasteiger partial charge is 0.311 e. The van der Waals surface area contributed by atoms with Gasteiger partial charge in [0.2, 0.25) is 0 Å². The fourth-order valence-corrected chi connectivity index (χ4v) is 2.05. The van der Waals surface area contributed by atoms with Crippen molar-refractivity contribution in [3.05, 3.63) is 0 Å². The zero-order chi connectivity index (χ0) is 11.3. The molecule has 0 heterocycles. The zero-order valence-corrected chi connectivity index (χ0v) is 10.1. The van der Waals surface area contributed by atoms with E-state index in [-0.39, 0.29) is 11.5 Å². The summed E-state index contributed by atoms with van der Waals surface area (Å²) in [7, 11) is 0. The number of nitrogens with zero attached hydrogens (tertiary/aromatic N) is 1. The maximum absolute atomic E-state index is 8.92. The zero-order valence-electron chi connectivity index (χ0n) is 10.1. The first-order chi connectivity index (χ1) is 7.03. The van der Waals surface area contributed by atoms with Crippen LogP contribution in [-0.2, 0) is 0 Å². The van der Waals surface area contributed by atoms with E-state index >= 15 is 0 Å². The van der Waals surface area contributed by atoms with E-state index in [1.807, 2.05) is 0 Å². The van der Waals surface area contributed by atoms with E-state index in [0.29, 0.717) is 6.04 Å². The molecule has 0 spiro atoms. The summed E-state index contributed by atoms with van der Waals surface area (Å²) in [5.41, 5.74) is 0.186. The van der Waals surface area contributed by atoms with Crippen molar-refractivity contribution in [1.29, 1.82) is 5.26 Å². The van der Waals surface area contributed by atoms with Crippen LogP contribution >= 0.6 is 0 Å². The summed E-state index contributed by atoms with van der Waals surface area (Å²) in [5, 5.41) is 15.8. The van der Waals surface area contributed by atoms with Gasteiger partial charge in [0, 0.05) is 24.7 Å². The molecule has 2 unspecified atom stereocenters. The van der Waals surface area contributed by atoms with Gasteiger partial charge in [-0.3, -0.25) is 0 Å². The van der Waals surface area contributed by atoms with Crippen LogP contribution in [0.15, 0.2) is 0 Å². The van der Waals surface area contributed by atoms with E-state index in [9.17, 15) is 0 Å². The van der Waals surface area contributed by atoms with Crippen molar-refractivity contribution < 1.29 is 0 Å². The quantitative estimate of drug-likeness (QED) is 0.692. The van der Waals surface area contributed by atoms with Gasteiger partial charge in [-0.15, -0.1) is 0 Å². The summed E-state index contributed by atoms with van der Waals surface area (Å²) in [5.74, 6) is 0.236. The third-order valence-corrected chi connectivity index (χ3v) is 2.87. The lowest BCUT2D eigenvalue weighted by molar-refractivity contribution is 0.399. The second-order valence-corrected chi connectivity index (χ2v) is 5.40. The SMILES string of the molecule is CC(C)(C)NCCNC1CCCC1C#N. The molecule has 0 aromatic carbocycles. The maximum atomic E-state index is 8.92. The Labute approximate surface area is 93.2 Å². The molecule has 3 nitrogen and oxygen atoms in total. The molecule has 0 aromatic rings. The Bertz CT molecular complexity index is 224. The van der Waals surface area contributed by atoms with E-state index in [2.05, 4.69) is 37.5 Å². The molecule has 0 amide bonds. The smallest absolute Gasteiger partial charge is 0.0672 e. The topological polar surface area (TPSA) is 47.8 Å². The summed E-state index contributed by atoms with van der Waals surface area (Å²) in [6.45, 7) is 8.43. The van der Waals surface area contributed by atoms with Gasteiger partial charge in [0.25, 0.3) is 0 Å². The molecule has 1 aliphatic carbocycles. The van der Waals surface area contributed by atoms with Crippen molar-refractivity contribution in [3.63, 3.8) is 0 Å². The van der Waals surface area contributed by atoms with E-state index < -0.39 is 0 Å². The molecular weight excluding hydrogens is 186 g/mol. The molecular formula is C12H23N3. The molecule has 1 saturated carbocycles. The van der Waals surface area contributed by atoms with Gasteiger partial charge in [-0.05, 0) is 33.6 Å². The Kier molecular flexibility index (Phi) is 4.56. The van der Waals surface area contributed by atoms with Gasteiger partial charge in [0.15, 0.2) is 0 Å². The van der Waals surface area contributed by atoms with E-state index in [1.165, 1.54) is 6.42 Å². The third kappa shape index (κ3) is 4.63. The molecule has 1 aliphatic rings. The van der Waals surface area contributed by atoms with Gasteiger partial charge >= 0.3 is 0 Å². The molecule has 15 heavy (non-hydrogen) atoms. The highest BCUT2D eigenvalue weighted by Crippen LogP contribution is 2.24. The Morgan fingerprint density at radius 1 is 1.27 bits per heavy atom. The summed E-state index contributed by atoms with van der Waals surface area (Å²) in [6, 6.07) is 2.82. The van der Waals surface area contributed by atoms with Crippen LogP contribution in [0.4, 0.5) is 0 Å².